The highest BCUT2D eigenvalue weighted by Crippen LogP contribution is 2.41. The summed E-state index contributed by atoms with van der Waals surface area (Å²) in [7, 11) is 2.07. The SMILES string of the molecule is C=CCN(C)C[C@H]1OC(c2ccc(CN)cc2)O[C@@H](c2ccc(CO)cc2)[C@H]1C. The lowest BCUT2D eigenvalue weighted by Crippen LogP contribution is -2.43. The fourth-order valence-corrected chi connectivity index (χ4v) is 3.74. The van der Waals surface area contributed by atoms with Crippen LogP contribution in [0.25, 0.3) is 0 Å². The molecular weight excluding hydrogens is 364 g/mol. The number of aliphatic hydroxyl groups is 1. The molecule has 5 heteroatoms. The van der Waals surface area contributed by atoms with Gasteiger partial charge in [-0.25, -0.2) is 0 Å². The molecule has 156 valence electrons. The number of hydrogen-bond donors (Lipinski definition) is 2. The van der Waals surface area contributed by atoms with Crippen molar-refractivity contribution in [2.45, 2.75) is 38.6 Å². The van der Waals surface area contributed by atoms with Crippen LogP contribution in [0.5, 0.6) is 0 Å². The Kier molecular flexibility index (Phi) is 7.58. The molecule has 0 bridgehead atoms. The van der Waals surface area contributed by atoms with E-state index in [9.17, 15) is 5.11 Å². The van der Waals surface area contributed by atoms with E-state index in [1.54, 1.807) is 0 Å². The topological polar surface area (TPSA) is 68.0 Å². The minimum Gasteiger partial charge on any atom is -0.392 e. The fraction of sp³-hybridized carbons (Fsp3) is 0.417. The van der Waals surface area contributed by atoms with Crippen LogP contribution in [0.2, 0.25) is 0 Å². The first kappa shape index (κ1) is 21.7. The third-order valence-corrected chi connectivity index (χ3v) is 5.54. The van der Waals surface area contributed by atoms with Crippen molar-refractivity contribution in [1.29, 1.82) is 0 Å². The van der Waals surface area contributed by atoms with Crippen LogP contribution < -0.4 is 5.73 Å². The number of hydrogen-bond acceptors (Lipinski definition) is 5. The highest BCUT2D eigenvalue weighted by molar-refractivity contribution is 5.26. The molecule has 29 heavy (non-hydrogen) atoms. The van der Waals surface area contributed by atoms with Crippen LogP contribution in [-0.4, -0.2) is 36.2 Å². The predicted octanol–water partition coefficient (Wildman–Crippen LogP) is 3.55. The lowest BCUT2D eigenvalue weighted by molar-refractivity contribution is -0.275. The van der Waals surface area contributed by atoms with Gasteiger partial charge in [0.25, 0.3) is 0 Å². The summed E-state index contributed by atoms with van der Waals surface area (Å²) in [6, 6.07) is 16.1. The Balaban J connectivity index is 1.87. The van der Waals surface area contributed by atoms with E-state index < -0.39 is 6.29 Å². The Morgan fingerprint density at radius 3 is 2.24 bits per heavy atom. The lowest BCUT2D eigenvalue weighted by atomic mass is 9.90. The number of nitrogens with two attached hydrogens (primary N) is 1. The Hall–Kier alpha value is -2.02. The van der Waals surface area contributed by atoms with Crippen LogP contribution in [0, 0.1) is 5.92 Å². The van der Waals surface area contributed by atoms with E-state index in [0.29, 0.717) is 6.54 Å². The van der Waals surface area contributed by atoms with Crippen LogP contribution in [0.1, 0.15) is 41.6 Å². The minimum atomic E-state index is -0.442. The fourth-order valence-electron chi connectivity index (χ4n) is 3.74. The van der Waals surface area contributed by atoms with E-state index in [2.05, 4.69) is 25.5 Å². The first-order chi connectivity index (χ1) is 14.0. The summed E-state index contributed by atoms with van der Waals surface area (Å²) in [6.45, 7) is 8.15. The molecule has 4 atom stereocenters. The molecule has 1 aliphatic rings. The van der Waals surface area contributed by atoms with Gasteiger partial charge in [-0.05, 0) is 23.7 Å². The summed E-state index contributed by atoms with van der Waals surface area (Å²) in [5.74, 6) is 0.168. The first-order valence-corrected chi connectivity index (χ1v) is 10.1. The molecule has 1 fully saturated rings. The summed E-state index contributed by atoms with van der Waals surface area (Å²) < 4.78 is 12.8. The minimum absolute atomic E-state index is 0.00963. The average Bonchev–Trinajstić information content (AvgIpc) is 2.75. The zero-order valence-electron chi connectivity index (χ0n) is 17.3. The van der Waals surface area contributed by atoms with E-state index in [4.69, 9.17) is 15.2 Å². The van der Waals surface area contributed by atoms with Gasteiger partial charge in [-0.2, -0.15) is 0 Å². The normalized spacial score (nSPS) is 24.6. The molecule has 3 N–H and O–H groups in total. The van der Waals surface area contributed by atoms with Crippen LogP contribution in [0.3, 0.4) is 0 Å². The third kappa shape index (κ3) is 5.32. The number of nitrogens with zero attached hydrogens (tertiary/aromatic N) is 1. The highest BCUT2D eigenvalue weighted by atomic mass is 16.7. The molecule has 1 saturated heterocycles. The Labute approximate surface area is 173 Å². The summed E-state index contributed by atoms with van der Waals surface area (Å²) in [5.41, 5.74) is 9.79. The molecule has 3 rings (SSSR count). The van der Waals surface area contributed by atoms with E-state index in [-0.39, 0.29) is 24.7 Å². The van der Waals surface area contributed by atoms with Gasteiger partial charge in [0.05, 0.1) is 18.8 Å². The van der Waals surface area contributed by atoms with Crippen LogP contribution >= 0.6 is 0 Å². The van der Waals surface area contributed by atoms with Gasteiger partial charge in [0.1, 0.15) is 0 Å². The molecule has 0 amide bonds. The number of likely N-dealkylation sites (N-methyl/N-ethyl adjacent to an activating group) is 1. The second-order valence-electron chi connectivity index (χ2n) is 7.78. The second kappa shape index (κ2) is 10.1. The van der Waals surface area contributed by atoms with E-state index >= 15 is 0 Å². The van der Waals surface area contributed by atoms with Gasteiger partial charge in [-0.1, -0.05) is 61.5 Å². The maximum atomic E-state index is 9.34. The number of rotatable bonds is 8. The molecule has 0 aromatic heterocycles. The highest BCUT2D eigenvalue weighted by Gasteiger charge is 2.38. The van der Waals surface area contributed by atoms with Crippen LogP contribution in [0.4, 0.5) is 0 Å². The van der Waals surface area contributed by atoms with Crippen molar-refractivity contribution in [2.24, 2.45) is 11.7 Å². The van der Waals surface area contributed by atoms with Gasteiger partial charge in [0.2, 0.25) is 0 Å². The molecule has 0 radical (unpaired) electrons. The summed E-state index contributed by atoms with van der Waals surface area (Å²) in [6.07, 6.45) is 1.37. The molecule has 2 aromatic carbocycles. The Morgan fingerprint density at radius 1 is 1.03 bits per heavy atom. The smallest absolute Gasteiger partial charge is 0.184 e. The van der Waals surface area contributed by atoms with Crippen LogP contribution in [-0.2, 0) is 22.6 Å². The van der Waals surface area contributed by atoms with Gasteiger partial charge >= 0.3 is 0 Å². The monoisotopic (exact) mass is 396 g/mol. The number of ether oxygens (including phenoxy) is 2. The van der Waals surface area contributed by atoms with Crippen molar-refractivity contribution >= 4 is 0 Å². The van der Waals surface area contributed by atoms with Gasteiger partial charge in [0, 0.05) is 31.1 Å². The average molecular weight is 397 g/mol. The van der Waals surface area contributed by atoms with Crippen molar-refractivity contribution in [3.63, 3.8) is 0 Å². The molecule has 5 nitrogen and oxygen atoms in total. The molecule has 1 unspecified atom stereocenters. The standard InChI is InChI=1S/C24H32N2O3/c1-4-13-26(3)15-22-17(2)23(20-9-7-19(16-27)8-10-20)29-24(28-22)21-11-5-18(14-25)6-12-21/h4-12,17,22-24,27H,1,13-16,25H2,2-3H3/t17-,22+,23+,24?/m0/s1. The number of aliphatic hydroxyl groups excluding tert-OH is 1. The zero-order chi connectivity index (χ0) is 20.8. The van der Waals surface area contributed by atoms with E-state index in [0.717, 1.165) is 35.3 Å². The summed E-state index contributed by atoms with van der Waals surface area (Å²) in [5, 5.41) is 9.34. The van der Waals surface area contributed by atoms with E-state index in [1.807, 2.05) is 54.6 Å². The van der Waals surface area contributed by atoms with Crippen molar-refractivity contribution in [2.75, 3.05) is 20.1 Å². The second-order valence-corrected chi connectivity index (χ2v) is 7.78. The van der Waals surface area contributed by atoms with Gasteiger partial charge in [0.15, 0.2) is 6.29 Å². The van der Waals surface area contributed by atoms with Gasteiger partial charge in [-0.15, -0.1) is 6.58 Å². The first-order valence-electron chi connectivity index (χ1n) is 10.1. The van der Waals surface area contributed by atoms with E-state index in [1.165, 1.54) is 0 Å². The quantitative estimate of drug-likeness (QED) is 0.668. The zero-order valence-corrected chi connectivity index (χ0v) is 17.3. The third-order valence-electron chi connectivity index (χ3n) is 5.54. The molecule has 1 heterocycles. The maximum absolute atomic E-state index is 9.34. The Bertz CT molecular complexity index is 776. The molecule has 2 aromatic rings. The summed E-state index contributed by atoms with van der Waals surface area (Å²) >= 11 is 0. The van der Waals surface area contributed by atoms with Gasteiger partial charge < -0.3 is 25.2 Å². The van der Waals surface area contributed by atoms with Gasteiger partial charge in [-0.3, -0.25) is 0 Å². The largest absolute Gasteiger partial charge is 0.392 e. The predicted molar refractivity (Wildman–Crippen MR) is 115 cm³/mol. The van der Waals surface area contributed by atoms with Crippen molar-refractivity contribution in [1.82, 2.24) is 4.90 Å². The molecule has 1 aliphatic heterocycles. The lowest BCUT2D eigenvalue weighted by Gasteiger charge is -2.42. The molecular formula is C24H32N2O3. The van der Waals surface area contributed by atoms with Crippen molar-refractivity contribution < 1.29 is 14.6 Å². The van der Waals surface area contributed by atoms with Crippen molar-refractivity contribution in [3.8, 4) is 0 Å². The molecule has 0 aliphatic carbocycles. The number of benzene rings is 2. The Morgan fingerprint density at radius 2 is 1.66 bits per heavy atom. The molecule has 0 saturated carbocycles. The molecule has 0 spiro atoms. The van der Waals surface area contributed by atoms with Crippen molar-refractivity contribution in [3.05, 3.63) is 83.4 Å². The maximum Gasteiger partial charge on any atom is 0.184 e. The summed E-state index contributed by atoms with van der Waals surface area (Å²) in [4.78, 5) is 2.21. The van der Waals surface area contributed by atoms with Crippen LogP contribution in [0.15, 0.2) is 61.2 Å².